The number of pyridine rings is 1. The van der Waals surface area contributed by atoms with Crippen molar-refractivity contribution in [3.8, 4) is 11.1 Å². The maximum Gasteiger partial charge on any atom is 0.243 e. The molecule has 0 saturated carbocycles. The van der Waals surface area contributed by atoms with Crippen LogP contribution in [0.15, 0.2) is 66.9 Å². The summed E-state index contributed by atoms with van der Waals surface area (Å²) in [6, 6.07) is 17.3. The first kappa shape index (κ1) is 15.3. The zero-order valence-corrected chi connectivity index (χ0v) is 14.7. The van der Waals surface area contributed by atoms with E-state index in [0.29, 0.717) is 0 Å². The molecular formula is C23H20N2O. The molecule has 3 aromatic rings. The monoisotopic (exact) mass is 340 g/mol. The molecule has 5 rings (SSSR count). The number of carbonyl (C=O) groups is 1. The number of carbonyl (C=O) groups excluding carboxylic acids is 1. The minimum atomic E-state index is -0.123. The molecule has 1 N–H and O–H groups in total. The SMILES string of the molecule is C[C@]12C=CC(=O)NC1CCc1cc(-c3cnc4ccccc4c3)ccc12. The number of nitrogens with one attached hydrogen (secondary N) is 1. The van der Waals surface area contributed by atoms with Crippen molar-refractivity contribution in [1.29, 1.82) is 0 Å². The molecule has 26 heavy (non-hydrogen) atoms. The predicted octanol–water partition coefficient (Wildman–Crippen LogP) is 4.16. The van der Waals surface area contributed by atoms with Crippen LogP contribution in [0.5, 0.6) is 0 Å². The van der Waals surface area contributed by atoms with Crippen molar-refractivity contribution in [2.75, 3.05) is 0 Å². The molecule has 1 aliphatic heterocycles. The summed E-state index contributed by atoms with van der Waals surface area (Å²) in [5, 5.41) is 4.29. The highest BCUT2D eigenvalue weighted by atomic mass is 16.1. The summed E-state index contributed by atoms with van der Waals surface area (Å²) < 4.78 is 0. The normalized spacial score (nSPS) is 24.0. The molecule has 1 unspecified atom stereocenters. The minimum Gasteiger partial charge on any atom is -0.349 e. The Morgan fingerprint density at radius 2 is 2.00 bits per heavy atom. The van der Waals surface area contributed by atoms with Crippen LogP contribution in [0.25, 0.3) is 22.0 Å². The third-order valence-electron chi connectivity index (χ3n) is 5.93. The Kier molecular flexibility index (Phi) is 3.26. The van der Waals surface area contributed by atoms with Crippen molar-refractivity contribution in [2.45, 2.75) is 31.2 Å². The van der Waals surface area contributed by atoms with E-state index in [0.717, 1.165) is 29.3 Å². The van der Waals surface area contributed by atoms with Crippen LogP contribution in [0.4, 0.5) is 0 Å². The zero-order valence-electron chi connectivity index (χ0n) is 14.7. The molecule has 2 atom stereocenters. The Morgan fingerprint density at radius 3 is 2.92 bits per heavy atom. The average Bonchev–Trinajstić information content (AvgIpc) is 2.68. The molecule has 128 valence electrons. The number of para-hydroxylation sites is 1. The minimum absolute atomic E-state index is 0.0229. The number of hydrogen-bond acceptors (Lipinski definition) is 2. The lowest BCUT2D eigenvalue weighted by atomic mass is 9.66. The topological polar surface area (TPSA) is 42.0 Å². The van der Waals surface area contributed by atoms with Gasteiger partial charge in [0.15, 0.2) is 0 Å². The van der Waals surface area contributed by atoms with Crippen molar-refractivity contribution in [3.63, 3.8) is 0 Å². The molecule has 0 saturated heterocycles. The maximum absolute atomic E-state index is 11.7. The van der Waals surface area contributed by atoms with E-state index in [2.05, 4.69) is 53.6 Å². The number of amides is 1. The lowest BCUT2D eigenvalue weighted by Crippen LogP contribution is -2.53. The van der Waals surface area contributed by atoms with Crippen LogP contribution in [0.3, 0.4) is 0 Å². The van der Waals surface area contributed by atoms with E-state index in [1.54, 1.807) is 6.08 Å². The van der Waals surface area contributed by atoms with Crippen molar-refractivity contribution < 1.29 is 4.79 Å². The van der Waals surface area contributed by atoms with Gasteiger partial charge >= 0.3 is 0 Å². The molecule has 1 amide bonds. The second kappa shape index (κ2) is 5.53. The van der Waals surface area contributed by atoms with Gasteiger partial charge in [0.2, 0.25) is 5.91 Å². The van der Waals surface area contributed by atoms with Crippen molar-refractivity contribution in [2.24, 2.45) is 0 Å². The molecule has 2 aromatic carbocycles. The first-order valence-corrected chi connectivity index (χ1v) is 9.12. The summed E-state index contributed by atoms with van der Waals surface area (Å²) in [5.74, 6) is 0.0229. The van der Waals surface area contributed by atoms with Gasteiger partial charge in [-0.05, 0) is 54.7 Å². The number of nitrogens with zero attached hydrogens (tertiary/aromatic N) is 1. The molecule has 1 aromatic heterocycles. The van der Waals surface area contributed by atoms with Crippen LogP contribution >= 0.6 is 0 Å². The summed E-state index contributed by atoms with van der Waals surface area (Å²) in [4.78, 5) is 16.3. The van der Waals surface area contributed by atoms with Gasteiger partial charge in [-0.15, -0.1) is 0 Å². The highest BCUT2D eigenvalue weighted by molar-refractivity contribution is 5.90. The number of aromatic nitrogens is 1. The van der Waals surface area contributed by atoms with E-state index in [9.17, 15) is 4.79 Å². The molecule has 2 heterocycles. The molecule has 0 radical (unpaired) electrons. The Balaban J connectivity index is 1.59. The molecule has 0 fully saturated rings. The van der Waals surface area contributed by atoms with Gasteiger partial charge in [0.25, 0.3) is 0 Å². The Morgan fingerprint density at radius 1 is 1.12 bits per heavy atom. The van der Waals surface area contributed by atoms with Gasteiger partial charge in [0.1, 0.15) is 0 Å². The second-order valence-corrected chi connectivity index (χ2v) is 7.50. The van der Waals surface area contributed by atoms with Gasteiger partial charge in [-0.2, -0.15) is 0 Å². The van der Waals surface area contributed by atoms with E-state index in [-0.39, 0.29) is 17.4 Å². The van der Waals surface area contributed by atoms with Gasteiger partial charge in [0, 0.05) is 28.6 Å². The second-order valence-electron chi connectivity index (χ2n) is 7.50. The summed E-state index contributed by atoms with van der Waals surface area (Å²) in [6.45, 7) is 2.23. The molecule has 0 spiro atoms. The predicted molar refractivity (Wildman–Crippen MR) is 104 cm³/mol. The van der Waals surface area contributed by atoms with Gasteiger partial charge in [-0.3, -0.25) is 9.78 Å². The molecule has 2 aliphatic rings. The first-order valence-electron chi connectivity index (χ1n) is 9.12. The van der Waals surface area contributed by atoms with Crippen molar-refractivity contribution >= 4 is 16.8 Å². The number of fused-ring (bicyclic) bond motifs is 4. The summed E-state index contributed by atoms with van der Waals surface area (Å²) in [7, 11) is 0. The van der Waals surface area contributed by atoms with Crippen LogP contribution < -0.4 is 5.32 Å². The first-order chi connectivity index (χ1) is 12.6. The lowest BCUT2D eigenvalue weighted by molar-refractivity contribution is -0.118. The Labute approximate surface area is 152 Å². The Hall–Kier alpha value is -2.94. The number of rotatable bonds is 1. The maximum atomic E-state index is 11.7. The van der Waals surface area contributed by atoms with E-state index >= 15 is 0 Å². The number of hydrogen-bond donors (Lipinski definition) is 1. The van der Waals surface area contributed by atoms with Crippen molar-refractivity contribution in [1.82, 2.24) is 10.3 Å². The summed E-state index contributed by atoms with van der Waals surface area (Å²) >= 11 is 0. The largest absolute Gasteiger partial charge is 0.349 e. The third kappa shape index (κ3) is 2.27. The molecule has 0 bridgehead atoms. The van der Waals surface area contributed by atoms with Gasteiger partial charge in [-0.1, -0.05) is 42.5 Å². The standard InChI is InChI=1S/C23H20N2O/c1-23-11-10-22(26)25-21(23)9-7-16-12-15(6-8-19(16)23)18-13-17-4-2-3-5-20(17)24-14-18/h2-6,8,10-14,21H,7,9H2,1H3,(H,25,26)/t21?,23-/m1/s1. The van der Waals surface area contributed by atoms with Crippen LogP contribution in [0.1, 0.15) is 24.5 Å². The fourth-order valence-corrected chi connectivity index (χ4v) is 4.42. The van der Waals surface area contributed by atoms with Crippen LogP contribution in [-0.2, 0) is 16.6 Å². The fraction of sp³-hybridized carbons (Fsp3) is 0.217. The number of aryl methyl sites for hydroxylation is 1. The van der Waals surface area contributed by atoms with E-state index < -0.39 is 0 Å². The van der Waals surface area contributed by atoms with E-state index in [4.69, 9.17) is 0 Å². The fourth-order valence-electron chi connectivity index (χ4n) is 4.42. The molecular weight excluding hydrogens is 320 g/mol. The lowest BCUT2D eigenvalue weighted by Gasteiger charge is -2.43. The zero-order chi connectivity index (χ0) is 17.7. The molecule has 3 heteroatoms. The Bertz CT molecular complexity index is 1070. The quantitative estimate of drug-likeness (QED) is 0.723. The summed E-state index contributed by atoms with van der Waals surface area (Å²) in [6.07, 6.45) is 7.66. The van der Waals surface area contributed by atoms with Gasteiger partial charge < -0.3 is 5.32 Å². The third-order valence-corrected chi connectivity index (χ3v) is 5.93. The average molecular weight is 340 g/mol. The highest BCUT2D eigenvalue weighted by Crippen LogP contribution is 2.41. The number of benzene rings is 2. The smallest absolute Gasteiger partial charge is 0.243 e. The van der Waals surface area contributed by atoms with E-state index in [1.807, 2.05) is 24.4 Å². The van der Waals surface area contributed by atoms with Crippen molar-refractivity contribution in [3.05, 3.63) is 78.0 Å². The van der Waals surface area contributed by atoms with Crippen LogP contribution in [-0.4, -0.2) is 16.9 Å². The molecule has 3 nitrogen and oxygen atoms in total. The van der Waals surface area contributed by atoms with Crippen LogP contribution in [0, 0.1) is 0 Å². The highest BCUT2D eigenvalue weighted by Gasteiger charge is 2.41. The van der Waals surface area contributed by atoms with Gasteiger partial charge in [0.05, 0.1) is 5.52 Å². The summed E-state index contributed by atoms with van der Waals surface area (Å²) in [5.41, 5.74) is 5.94. The van der Waals surface area contributed by atoms with Gasteiger partial charge in [-0.25, -0.2) is 0 Å². The van der Waals surface area contributed by atoms with Crippen LogP contribution in [0.2, 0.25) is 0 Å². The van der Waals surface area contributed by atoms with E-state index in [1.165, 1.54) is 16.7 Å². The molecule has 1 aliphatic carbocycles.